The van der Waals surface area contributed by atoms with Crippen molar-refractivity contribution < 1.29 is 4.79 Å². The maximum atomic E-state index is 11.8. The van der Waals surface area contributed by atoms with Crippen molar-refractivity contribution in [3.8, 4) is 0 Å². The Kier molecular flexibility index (Phi) is 6.99. The predicted molar refractivity (Wildman–Crippen MR) is 90.1 cm³/mol. The number of likely N-dealkylation sites (N-methyl/N-ethyl adjacent to an activating group) is 1. The second kappa shape index (κ2) is 9.00. The fraction of sp³-hybridized carbons (Fsp3) is 0.588. The zero-order chi connectivity index (χ0) is 15.8. The van der Waals surface area contributed by atoms with Gasteiger partial charge in [0.25, 0.3) is 0 Å². The molecule has 122 valence electrons. The highest BCUT2D eigenvalue weighted by Crippen LogP contribution is 2.06. The molecule has 3 rings (SSSR count). The van der Waals surface area contributed by atoms with E-state index >= 15 is 0 Å². The summed E-state index contributed by atoms with van der Waals surface area (Å²) in [6.45, 7) is 4.74. The molecule has 0 spiro atoms. The number of carbonyl (C=O) groups excluding carboxylic acids is 1. The van der Waals surface area contributed by atoms with Gasteiger partial charge in [-0.25, -0.2) is 0 Å². The van der Waals surface area contributed by atoms with Crippen molar-refractivity contribution in [1.82, 2.24) is 15.5 Å². The summed E-state index contributed by atoms with van der Waals surface area (Å²) in [6, 6.07) is 10.4. The molecule has 2 aliphatic rings. The third-order valence-electron chi connectivity index (χ3n) is 4.14. The lowest BCUT2D eigenvalue weighted by Crippen LogP contribution is -2.35. The van der Waals surface area contributed by atoms with Crippen LogP contribution in [0, 0.1) is 0 Å². The zero-order valence-electron chi connectivity index (χ0n) is 13.4. The molecule has 0 saturated carbocycles. The number of benzene rings is 1. The van der Waals surface area contributed by atoms with Crippen molar-refractivity contribution in [3.05, 3.63) is 35.9 Å². The quantitative estimate of drug-likeness (QED) is 0.706. The van der Waals surface area contributed by atoms with E-state index in [4.69, 9.17) is 5.73 Å². The molecule has 0 aliphatic carbocycles. The molecule has 1 aromatic rings. The minimum atomic E-state index is 0.176. The van der Waals surface area contributed by atoms with Crippen LogP contribution >= 0.6 is 0 Å². The van der Waals surface area contributed by atoms with Gasteiger partial charge in [-0.05, 0) is 33.0 Å². The summed E-state index contributed by atoms with van der Waals surface area (Å²) in [5.41, 5.74) is 6.27. The van der Waals surface area contributed by atoms with Crippen LogP contribution in [0.25, 0.3) is 0 Å². The van der Waals surface area contributed by atoms with Crippen molar-refractivity contribution in [2.75, 3.05) is 39.8 Å². The highest BCUT2D eigenvalue weighted by atomic mass is 16.1. The Morgan fingerprint density at radius 1 is 1.36 bits per heavy atom. The Balaban J connectivity index is 0.000000246. The number of Topliss-reactive ketones (excluding diaryl/α,β-unsaturated/α-hetero) is 1. The fourth-order valence-electron chi connectivity index (χ4n) is 2.74. The molecule has 0 aromatic heterocycles. The third-order valence-corrected chi connectivity index (χ3v) is 4.14. The summed E-state index contributed by atoms with van der Waals surface area (Å²) >= 11 is 0. The maximum Gasteiger partial charge on any atom is 0.176 e. The van der Waals surface area contributed by atoms with Crippen LogP contribution in [0.3, 0.4) is 0 Å². The first-order chi connectivity index (χ1) is 10.6. The highest BCUT2D eigenvalue weighted by molar-refractivity contribution is 5.97. The second-order valence-corrected chi connectivity index (χ2v) is 6.17. The summed E-state index contributed by atoms with van der Waals surface area (Å²) in [7, 11) is 2.11. The van der Waals surface area contributed by atoms with Gasteiger partial charge in [0.15, 0.2) is 5.78 Å². The van der Waals surface area contributed by atoms with Crippen LogP contribution in [0.4, 0.5) is 0 Å². The first kappa shape index (κ1) is 17.1. The van der Waals surface area contributed by atoms with E-state index in [-0.39, 0.29) is 5.78 Å². The largest absolute Gasteiger partial charge is 0.327 e. The molecule has 2 aliphatic heterocycles. The lowest BCUT2D eigenvalue weighted by molar-refractivity contribution is 0.0987. The number of nitrogens with zero attached hydrogens (tertiary/aromatic N) is 1. The molecule has 2 fully saturated rings. The summed E-state index contributed by atoms with van der Waals surface area (Å²) in [5.74, 6) is 0.176. The van der Waals surface area contributed by atoms with E-state index in [1.165, 1.54) is 0 Å². The van der Waals surface area contributed by atoms with Crippen molar-refractivity contribution in [3.63, 3.8) is 0 Å². The second-order valence-electron chi connectivity index (χ2n) is 6.17. The number of likely N-dealkylation sites (tertiary alicyclic amines) is 1. The Morgan fingerprint density at radius 2 is 2.14 bits per heavy atom. The van der Waals surface area contributed by atoms with Gasteiger partial charge in [-0.15, -0.1) is 0 Å². The normalized spacial score (nSPS) is 24.8. The smallest absolute Gasteiger partial charge is 0.176 e. The molecule has 0 amide bonds. The molecular formula is C17H28N4O. The standard InChI is InChI=1S/C13H18N2O.C4H10N2/c1-15-8-7-12(10-15)14-9-13(16)11-5-3-2-4-6-11;5-4-1-2-6-3-4/h2-6,12,14H,7-10H2,1H3;4,6H,1-3,5H2/t12-;4-/m11/s1. The molecular weight excluding hydrogens is 276 g/mol. The maximum absolute atomic E-state index is 11.8. The number of nitrogens with two attached hydrogens (primary N) is 1. The van der Waals surface area contributed by atoms with Gasteiger partial charge in [0.05, 0.1) is 6.54 Å². The number of nitrogens with one attached hydrogen (secondary N) is 2. The van der Waals surface area contributed by atoms with Crippen LogP contribution in [-0.2, 0) is 0 Å². The molecule has 2 heterocycles. The summed E-state index contributed by atoms with van der Waals surface area (Å²) in [6.07, 6.45) is 2.29. The molecule has 0 unspecified atom stereocenters. The van der Waals surface area contributed by atoms with E-state index in [2.05, 4.69) is 22.6 Å². The summed E-state index contributed by atoms with van der Waals surface area (Å²) in [5, 5.41) is 6.47. The molecule has 2 saturated heterocycles. The minimum absolute atomic E-state index is 0.176. The van der Waals surface area contributed by atoms with Crippen molar-refractivity contribution in [1.29, 1.82) is 0 Å². The SMILES string of the molecule is CN1CC[C@@H](NCC(=O)c2ccccc2)C1.N[C@@H]1CCNC1. The molecule has 0 bridgehead atoms. The van der Waals surface area contributed by atoms with Crippen molar-refractivity contribution in [2.45, 2.75) is 24.9 Å². The van der Waals surface area contributed by atoms with Gasteiger partial charge < -0.3 is 21.3 Å². The fourth-order valence-corrected chi connectivity index (χ4v) is 2.74. The van der Waals surface area contributed by atoms with Crippen LogP contribution < -0.4 is 16.4 Å². The van der Waals surface area contributed by atoms with Gasteiger partial charge in [0.2, 0.25) is 0 Å². The van der Waals surface area contributed by atoms with Crippen LogP contribution in [0.1, 0.15) is 23.2 Å². The number of hydrogen-bond acceptors (Lipinski definition) is 5. The minimum Gasteiger partial charge on any atom is -0.327 e. The van der Waals surface area contributed by atoms with E-state index in [0.717, 1.165) is 44.6 Å². The number of ketones is 1. The Labute approximate surface area is 133 Å². The monoisotopic (exact) mass is 304 g/mol. The lowest BCUT2D eigenvalue weighted by Gasteiger charge is -2.11. The Morgan fingerprint density at radius 3 is 2.64 bits per heavy atom. The van der Waals surface area contributed by atoms with E-state index in [1.54, 1.807) is 0 Å². The van der Waals surface area contributed by atoms with Crippen LogP contribution in [0.2, 0.25) is 0 Å². The van der Waals surface area contributed by atoms with Crippen LogP contribution in [-0.4, -0.2) is 62.5 Å². The van der Waals surface area contributed by atoms with Crippen LogP contribution in [0.5, 0.6) is 0 Å². The summed E-state index contributed by atoms with van der Waals surface area (Å²) < 4.78 is 0. The average molecular weight is 304 g/mol. The number of hydrogen-bond donors (Lipinski definition) is 3. The Bertz CT molecular complexity index is 445. The van der Waals surface area contributed by atoms with E-state index in [1.807, 2.05) is 30.3 Å². The Hall–Kier alpha value is -1.27. The molecule has 0 radical (unpaired) electrons. The highest BCUT2D eigenvalue weighted by Gasteiger charge is 2.19. The molecule has 22 heavy (non-hydrogen) atoms. The van der Waals surface area contributed by atoms with Gasteiger partial charge in [-0.2, -0.15) is 0 Å². The van der Waals surface area contributed by atoms with E-state index in [0.29, 0.717) is 18.6 Å². The molecule has 1 aromatic carbocycles. The molecule has 5 heteroatoms. The van der Waals surface area contributed by atoms with Gasteiger partial charge in [-0.3, -0.25) is 4.79 Å². The van der Waals surface area contributed by atoms with Gasteiger partial charge in [0.1, 0.15) is 0 Å². The molecule has 5 nitrogen and oxygen atoms in total. The van der Waals surface area contributed by atoms with Gasteiger partial charge in [0, 0.05) is 30.7 Å². The number of rotatable bonds is 4. The first-order valence-electron chi connectivity index (χ1n) is 8.11. The van der Waals surface area contributed by atoms with Crippen LogP contribution in [0.15, 0.2) is 30.3 Å². The average Bonchev–Trinajstić information content (AvgIpc) is 3.17. The predicted octanol–water partition coefficient (Wildman–Crippen LogP) is 0.470. The van der Waals surface area contributed by atoms with E-state index < -0.39 is 0 Å². The molecule has 2 atom stereocenters. The topological polar surface area (TPSA) is 70.4 Å². The first-order valence-corrected chi connectivity index (χ1v) is 8.11. The van der Waals surface area contributed by atoms with Crippen molar-refractivity contribution in [2.24, 2.45) is 5.73 Å². The van der Waals surface area contributed by atoms with Gasteiger partial charge in [-0.1, -0.05) is 30.3 Å². The zero-order valence-corrected chi connectivity index (χ0v) is 13.4. The third kappa shape index (κ3) is 5.85. The van der Waals surface area contributed by atoms with Crippen molar-refractivity contribution >= 4 is 5.78 Å². The molecule has 4 N–H and O–H groups in total. The number of carbonyl (C=O) groups is 1. The summed E-state index contributed by atoms with van der Waals surface area (Å²) in [4.78, 5) is 14.1. The van der Waals surface area contributed by atoms with E-state index in [9.17, 15) is 4.79 Å². The van der Waals surface area contributed by atoms with Gasteiger partial charge >= 0.3 is 0 Å². The lowest BCUT2D eigenvalue weighted by atomic mass is 10.1.